The molecule has 7 nitrogen and oxygen atoms in total. The van der Waals surface area contributed by atoms with E-state index in [1.54, 1.807) is 12.4 Å². The van der Waals surface area contributed by atoms with Gasteiger partial charge in [0.25, 0.3) is 0 Å². The molecule has 0 fully saturated rings. The average Bonchev–Trinajstić information content (AvgIpc) is 3.05. The van der Waals surface area contributed by atoms with E-state index in [1.165, 1.54) is 18.1 Å². The molecule has 4 heterocycles. The molecule has 0 saturated carbocycles. The van der Waals surface area contributed by atoms with E-state index in [4.69, 9.17) is 5.73 Å². The minimum absolute atomic E-state index is 0. The van der Waals surface area contributed by atoms with Crippen molar-refractivity contribution in [1.82, 2.24) is 9.97 Å². The van der Waals surface area contributed by atoms with Crippen LogP contribution >= 0.6 is 24.8 Å². The molecule has 0 radical (unpaired) electrons. The summed E-state index contributed by atoms with van der Waals surface area (Å²) >= 11 is 0. The van der Waals surface area contributed by atoms with E-state index in [2.05, 4.69) is 43.5 Å². The number of nitrogens with two attached hydrogens (primary N) is 1. The maximum Gasteiger partial charge on any atom is 0.221 e. The number of hydrogen-bond acceptors (Lipinski definition) is 6. The van der Waals surface area contributed by atoms with Crippen molar-refractivity contribution in [2.24, 2.45) is 9.98 Å². The zero-order valence-corrected chi connectivity index (χ0v) is 26.9. The van der Waals surface area contributed by atoms with Gasteiger partial charge in [-0.05, 0) is 109 Å². The van der Waals surface area contributed by atoms with Crippen molar-refractivity contribution < 1.29 is 4.79 Å². The number of nitrogen functional groups attached to an aromatic ring is 1. The van der Waals surface area contributed by atoms with Gasteiger partial charge < -0.3 is 11.1 Å². The van der Waals surface area contributed by atoms with Crippen molar-refractivity contribution in [3.63, 3.8) is 0 Å². The summed E-state index contributed by atoms with van der Waals surface area (Å²) in [5.74, 6) is -0.0608. The summed E-state index contributed by atoms with van der Waals surface area (Å²) < 4.78 is 0. The first-order valence-corrected chi connectivity index (χ1v) is 14.6. The number of rotatable bonds is 5. The lowest BCUT2D eigenvalue weighted by Gasteiger charge is -2.16. The molecule has 6 rings (SSSR count). The van der Waals surface area contributed by atoms with Gasteiger partial charge in [0.2, 0.25) is 5.91 Å². The van der Waals surface area contributed by atoms with Crippen molar-refractivity contribution >= 4 is 65.7 Å². The number of aliphatic imine (C=N–C) groups is 2. The number of carbonyl (C=O) groups excluding carboxylic acids is 1. The summed E-state index contributed by atoms with van der Waals surface area (Å²) in [6.07, 6.45) is 15.9. The SMILES string of the molecule is CC(=O)Nc1ccc(/C=C2\CCCN=C2c2cccnc2)cc1.Cl.Cl.Nc1ccc(/C=C2\CCCN=C2c2cccnc2)cc1. The van der Waals surface area contributed by atoms with Crippen LogP contribution < -0.4 is 11.1 Å². The van der Waals surface area contributed by atoms with Crippen LogP contribution in [0.2, 0.25) is 0 Å². The molecule has 1 amide bonds. The molecule has 4 aromatic rings. The maximum atomic E-state index is 11.1. The Morgan fingerprint density at radius 1 is 0.711 bits per heavy atom. The molecule has 232 valence electrons. The average molecular weight is 642 g/mol. The summed E-state index contributed by atoms with van der Waals surface area (Å²) in [7, 11) is 0. The molecule has 0 atom stereocenters. The van der Waals surface area contributed by atoms with Crippen LogP contribution in [0.5, 0.6) is 0 Å². The fourth-order valence-electron chi connectivity index (χ4n) is 5.06. The number of benzene rings is 2. The van der Waals surface area contributed by atoms with Gasteiger partial charge in [-0.25, -0.2) is 0 Å². The fourth-order valence-corrected chi connectivity index (χ4v) is 5.06. The van der Waals surface area contributed by atoms with Gasteiger partial charge >= 0.3 is 0 Å². The van der Waals surface area contributed by atoms with Crippen molar-refractivity contribution in [2.75, 3.05) is 24.1 Å². The summed E-state index contributed by atoms with van der Waals surface area (Å²) in [5, 5.41) is 2.78. The Balaban J connectivity index is 0.000000237. The monoisotopic (exact) mass is 640 g/mol. The molecule has 0 unspecified atom stereocenters. The lowest BCUT2D eigenvalue weighted by Crippen LogP contribution is -2.11. The van der Waals surface area contributed by atoms with Gasteiger partial charge in [0.1, 0.15) is 0 Å². The Hall–Kier alpha value is -4.59. The normalized spacial score (nSPS) is 15.8. The molecule has 2 aromatic heterocycles. The number of anilines is 2. The summed E-state index contributed by atoms with van der Waals surface area (Å²) in [4.78, 5) is 28.8. The van der Waals surface area contributed by atoms with Crippen LogP contribution in [0.3, 0.4) is 0 Å². The summed E-state index contributed by atoms with van der Waals surface area (Å²) in [6.45, 7) is 3.26. The number of halogens is 2. The molecule has 2 aliphatic heterocycles. The zero-order valence-electron chi connectivity index (χ0n) is 25.2. The topological polar surface area (TPSA) is 106 Å². The lowest BCUT2D eigenvalue weighted by molar-refractivity contribution is -0.114. The number of nitrogens with zero attached hydrogens (tertiary/aromatic N) is 4. The van der Waals surface area contributed by atoms with E-state index in [1.807, 2.05) is 79.1 Å². The second-order valence-electron chi connectivity index (χ2n) is 10.5. The minimum atomic E-state index is -0.0608. The molecule has 3 N–H and O–H groups in total. The second-order valence-corrected chi connectivity index (χ2v) is 10.5. The lowest BCUT2D eigenvalue weighted by atomic mass is 9.95. The minimum Gasteiger partial charge on any atom is -0.399 e. The number of pyridine rings is 2. The fraction of sp³-hybridized carbons (Fsp3) is 0.194. The van der Waals surface area contributed by atoms with Gasteiger partial charge in [-0.3, -0.25) is 24.7 Å². The van der Waals surface area contributed by atoms with Crippen molar-refractivity contribution in [3.8, 4) is 0 Å². The van der Waals surface area contributed by atoms with Crippen LogP contribution in [0.25, 0.3) is 12.2 Å². The largest absolute Gasteiger partial charge is 0.399 e. The highest BCUT2D eigenvalue weighted by atomic mass is 35.5. The Morgan fingerprint density at radius 2 is 1.18 bits per heavy atom. The first kappa shape index (κ1) is 34.9. The second kappa shape index (κ2) is 17.6. The van der Waals surface area contributed by atoms with Gasteiger partial charge in [-0.15, -0.1) is 24.8 Å². The highest BCUT2D eigenvalue weighted by Gasteiger charge is 2.15. The van der Waals surface area contributed by atoms with Crippen LogP contribution in [0.4, 0.5) is 11.4 Å². The predicted octanol–water partition coefficient (Wildman–Crippen LogP) is 7.88. The molecule has 2 aliphatic rings. The number of allylic oxidation sites excluding steroid dienone is 2. The number of carbonyl (C=O) groups is 1. The first-order chi connectivity index (χ1) is 21.0. The van der Waals surface area contributed by atoms with Gasteiger partial charge in [0, 0.05) is 67.3 Å². The number of amides is 1. The highest BCUT2D eigenvalue weighted by molar-refractivity contribution is 6.15. The van der Waals surface area contributed by atoms with Gasteiger partial charge in [-0.2, -0.15) is 0 Å². The third-order valence-electron chi connectivity index (χ3n) is 7.08. The third kappa shape index (κ3) is 10.2. The number of nitrogens with one attached hydrogen (secondary N) is 1. The number of hydrogen-bond donors (Lipinski definition) is 2. The molecule has 0 spiro atoms. The van der Waals surface area contributed by atoms with E-state index < -0.39 is 0 Å². The quantitative estimate of drug-likeness (QED) is 0.216. The van der Waals surface area contributed by atoms with Gasteiger partial charge in [0.05, 0.1) is 11.4 Å². The van der Waals surface area contributed by atoms with E-state index in [0.29, 0.717) is 0 Å². The van der Waals surface area contributed by atoms with E-state index >= 15 is 0 Å². The maximum absolute atomic E-state index is 11.1. The summed E-state index contributed by atoms with van der Waals surface area (Å²) in [6, 6.07) is 23.8. The van der Waals surface area contributed by atoms with E-state index in [0.717, 1.165) is 83.8 Å². The van der Waals surface area contributed by atoms with Crippen molar-refractivity contribution in [1.29, 1.82) is 0 Å². The number of aromatic nitrogens is 2. The molecule has 0 aliphatic carbocycles. The van der Waals surface area contributed by atoms with E-state index in [9.17, 15) is 4.79 Å². The van der Waals surface area contributed by atoms with Gasteiger partial charge in [-0.1, -0.05) is 24.3 Å². The molecule has 0 saturated heterocycles. The van der Waals surface area contributed by atoms with Crippen LogP contribution in [-0.2, 0) is 4.79 Å². The third-order valence-corrected chi connectivity index (χ3v) is 7.08. The first-order valence-electron chi connectivity index (χ1n) is 14.6. The summed E-state index contributed by atoms with van der Waals surface area (Å²) in [5.41, 5.74) is 16.4. The van der Waals surface area contributed by atoms with E-state index in [-0.39, 0.29) is 30.7 Å². The van der Waals surface area contributed by atoms with Crippen LogP contribution in [-0.4, -0.2) is 40.4 Å². The Labute approximate surface area is 277 Å². The van der Waals surface area contributed by atoms with Crippen molar-refractivity contribution in [3.05, 3.63) is 131 Å². The van der Waals surface area contributed by atoms with Gasteiger partial charge in [0.15, 0.2) is 0 Å². The molecule has 2 aromatic carbocycles. The van der Waals surface area contributed by atoms with Crippen LogP contribution in [0.1, 0.15) is 54.9 Å². The van der Waals surface area contributed by atoms with Crippen LogP contribution in [0, 0.1) is 0 Å². The molecule has 0 bridgehead atoms. The van der Waals surface area contributed by atoms with Crippen molar-refractivity contribution in [2.45, 2.75) is 32.6 Å². The Bertz CT molecular complexity index is 1650. The Kier molecular flexibility index (Phi) is 13.7. The highest BCUT2D eigenvalue weighted by Crippen LogP contribution is 2.24. The van der Waals surface area contributed by atoms with Crippen LogP contribution in [0.15, 0.2) is 119 Å². The molecular formula is C36H38Cl2N6O. The standard InChI is InChI=1S/C19H19N3O.C17H17N3.2ClH/c1-14(23)22-18-8-6-15(7-9-18)12-16-4-3-11-21-19(16)17-5-2-10-20-13-17;18-16-7-5-13(6-8-16)11-14-3-2-10-20-17(14)15-4-1-9-19-12-15;;/h2,5-10,12-13H,3-4,11H2,1H3,(H,22,23);1,4-9,11-12H,2-3,10,18H2;2*1H/b16-12+;14-11+;;. The molecular weight excluding hydrogens is 603 g/mol. The molecule has 9 heteroatoms. The smallest absolute Gasteiger partial charge is 0.221 e. The zero-order chi connectivity index (χ0) is 29.9. The Morgan fingerprint density at radius 3 is 1.60 bits per heavy atom. The molecule has 45 heavy (non-hydrogen) atoms. The predicted molar refractivity (Wildman–Crippen MR) is 192 cm³/mol.